The van der Waals surface area contributed by atoms with Crippen molar-refractivity contribution in [2.75, 3.05) is 19.0 Å². The molecule has 27 heavy (non-hydrogen) atoms. The van der Waals surface area contributed by atoms with Gasteiger partial charge in [0.1, 0.15) is 11.6 Å². The number of amides is 1. The zero-order chi connectivity index (χ0) is 19.6. The first-order valence-electron chi connectivity index (χ1n) is 8.72. The third-order valence-electron chi connectivity index (χ3n) is 4.48. The van der Waals surface area contributed by atoms with Gasteiger partial charge in [-0.15, -0.1) is 0 Å². The lowest BCUT2D eigenvalue weighted by atomic mass is 10.2. The first-order valence-corrected chi connectivity index (χ1v) is 8.72. The number of pyridine rings is 1. The highest BCUT2D eigenvalue weighted by molar-refractivity contribution is 5.95. The number of aryl methyl sites for hydroxylation is 1. The van der Waals surface area contributed by atoms with Crippen LogP contribution in [-0.2, 0) is 6.54 Å². The number of carbonyl (C=O) groups is 1. The zero-order valence-electron chi connectivity index (χ0n) is 16.0. The number of hydrogen-bond donors (Lipinski definition) is 1. The molecule has 2 heterocycles. The van der Waals surface area contributed by atoms with Gasteiger partial charge in [0.2, 0.25) is 0 Å². The molecule has 0 aliphatic heterocycles. The Morgan fingerprint density at radius 3 is 2.52 bits per heavy atom. The lowest BCUT2D eigenvalue weighted by molar-refractivity contribution is 0.0950. The maximum atomic E-state index is 13.2. The predicted octanol–water partition coefficient (Wildman–Crippen LogP) is 3.62. The van der Waals surface area contributed by atoms with Gasteiger partial charge in [-0.2, -0.15) is 0 Å². The van der Waals surface area contributed by atoms with E-state index in [2.05, 4.69) is 10.3 Å². The van der Waals surface area contributed by atoms with Gasteiger partial charge in [0.05, 0.1) is 5.56 Å². The number of nitrogens with one attached hydrogen (secondary N) is 1. The van der Waals surface area contributed by atoms with Crippen molar-refractivity contribution in [3.63, 3.8) is 0 Å². The highest BCUT2D eigenvalue weighted by Crippen LogP contribution is 2.21. The summed E-state index contributed by atoms with van der Waals surface area (Å²) >= 11 is 0. The summed E-state index contributed by atoms with van der Waals surface area (Å²) < 4.78 is 15.1. The van der Waals surface area contributed by atoms with Crippen LogP contribution in [0.4, 0.5) is 10.2 Å². The van der Waals surface area contributed by atoms with Crippen molar-refractivity contribution in [3.05, 3.63) is 77.0 Å². The Hall–Kier alpha value is -3.15. The van der Waals surface area contributed by atoms with Crippen LogP contribution in [0.15, 0.2) is 48.7 Å². The Morgan fingerprint density at radius 1 is 1.15 bits per heavy atom. The maximum absolute atomic E-state index is 13.2. The molecular weight excluding hydrogens is 343 g/mol. The van der Waals surface area contributed by atoms with Crippen LogP contribution in [0.3, 0.4) is 0 Å². The van der Waals surface area contributed by atoms with Crippen LogP contribution in [0.5, 0.6) is 0 Å². The Morgan fingerprint density at radius 2 is 1.85 bits per heavy atom. The molecule has 0 atom stereocenters. The maximum Gasteiger partial charge on any atom is 0.253 e. The highest BCUT2D eigenvalue weighted by Gasteiger charge is 2.16. The van der Waals surface area contributed by atoms with E-state index in [1.807, 2.05) is 55.6 Å². The molecule has 6 heteroatoms. The molecule has 0 unspecified atom stereocenters. The summed E-state index contributed by atoms with van der Waals surface area (Å²) in [7, 11) is 3.85. The fraction of sp³-hybridized carbons (Fsp3) is 0.238. The minimum absolute atomic E-state index is 0.139. The van der Waals surface area contributed by atoms with E-state index in [0.717, 1.165) is 28.5 Å². The second-order valence-corrected chi connectivity index (χ2v) is 6.70. The minimum Gasteiger partial charge on any atom is -0.363 e. The second-order valence-electron chi connectivity index (χ2n) is 6.70. The van der Waals surface area contributed by atoms with Crippen molar-refractivity contribution in [2.24, 2.45) is 0 Å². The van der Waals surface area contributed by atoms with E-state index < -0.39 is 0 Å². The SMILES string of the molecule is Cc1cc(C(=O)NCc2ccnc(N(C)C)c2)c(C)n1-c1ccc(F)cc1. The van der Waals surface area contributed by atoms with Gasteiger partial charge in [-0.3, -0.25) is 4.79 Å². The normalized spacial score (nSPS) is 10.7. The highest BCUT2D eigenvalue weighted by atomic mass is 19.1. The summed E-state index contributed by atoms with van der Waals surface area (Å²) in [5.74, 6) is 0.421. The van der Waals surface area contributed by atoms with Crippen molar-refractivity contribution in [1.82, 2.24) is 14.9 Å². The molecule has 1 aromatic carbocycles. The molecule has 0 saturated heterocycles. The van der Waals surface area contributed by atoms with Crippen LogP contribution in [0.2, 0.25) is 0 Å². The van der Waals surface area contributed by atoms with Gasteiger partial charge < -0.3 is 14.8 Å². The first-order chi connectivity index (χ1) is 12.9. The number of aromatic nitrogens is 2. The molecule has 0 fully saturated rings. The summed E-state index contributed by atoms with van der Waals surface area (Å²) in [6, 6.07) is 11.9. The summed E-state index contributed by atoms with van der Waals surface area (Å²) in [5.41, 5.74) is 4.16. The second kappa shape index (κ2) is 7.61. The van der Waals surface area contributed by atoms with Crippen LogP contribution in [-0.4, -0.2) is 29.6 Å². The number of carbonyl (C=O) groups excluding carboxylic acids is 1. The number of anilines is 1. The van der Waals surface area contributed by atoms with Crippen molar-refractivity contribution in [1.29, 1.82) is 0 Å². The van der Waals surface area contributed by atoms with Crippen LogP contribution in [0, 0.1) is 19.7 Å². The number of halogens is 1. The van der Waals surface area contributed by atoms with Gasteiger partial charge in [0.25, 0.3) is 5.91 Å². The Balaban J connectivity index is 1.79. The predicted molar refractivity (Wildman–Crippen MR) is 105 cm³/mol. The van der Waals surface area contributed by atoms with Crippen LogP contribution >= 0.6 is 0 Å². The standard InChI is InChI=1S/C21H23FN4O/c1-14-11-19(15(2)26(14)18-7-5-17(22)6-8-18)21(27)24-13-16-9-10-23-20(12-16)25(3)4/h5-12H,13H2,1-4H3,(H,24,27). The summed E-state index contributed by atoms with van der Waals surface area (Å²) in [5, 5.41) is 2.96. The summed E-state index contributed by atoms with van der Waals surface area (Å²) in [4.78, 5) is 18.9. The van der Waals surface area contributed by atoms with Crippen LogP contribution < -0.4 is 10.2 Å². The largest absolute Gasteiger partial charge is 0.363 e. The van der Waals surface area contributed by atoms with E-state index in [9.17, 15) is 9.18 Å². The average Bonchev–Trinajstić information content (AvgIpc) is 2.95. The van der Waals surface area contributed by atoms with Gasteiger partial charge in [0.15, 0.2) is 0 Å². The van der Waals surface area contributed by atoms with Gasteiger partial charge in [-0.1, -0.05) is 0 Å². The minimum atomic E-state index is -0.284. The van der Waals surface area contributed by atoms with E-state index in [1.165, 1.54) is 12.1 Å². The summed E-state index contributed by atoms with van der Waals surface area (Å²) in [6.45, 7) is 4.24. The molecule has 3 aromatic rings. The molecule has 1 N–H and O–H groups in total. The van der Waals surface area contributed by atoms with E-state index in [0.29, 0.717) is 12.1 Å². The molecule has 2 aromatic heterocycles. The van der Waals surface area contributed by atoms with Crippen LogP contribution in [0.1, 0.15) is 27.3 Å². The summed E-state index contributed by atoms with van der Waals surface area (Å²) in [6.07, 6.45) is 1.73. The van der Waals surface area contributed by atoms with Gasteiger partial charge in [0, 0.05) is 43.9 Å². The molecule has 0 bridgehead atoms. The van der Waals surface area contributed by atoms with E-state index >= 15 is 0 Å². The molecule has 140 valence electrons. The van der Waals surface area contributed by atoms with E-state index in [4.69, 9.17) is 0 Å². The van der Waals surface area contributed by atoms with Crippen molar-refractivity contribution >= 4 is 11.7 Å². The van der Waals surface area contributed by atoms with Crippen molar-refractivity contribution in [3.8, 4) is 5.69 Å². The Kier molecular flexibility index (Phi) is 5.26. The van der Waals surface area contributed by atoms with E-state index in [-0.39, 0.29) is 11.7 Å². The topological polar surface area (TPSA) is 50.2 Å². The number of nitrogens with zero attached hydrogens (tertiary/aromatic N) is 3. The Labute approximate surface area is 158 Å². The molecular formula is C21H23FN4O. The lowest BCUT2D eigenvalue weighted by Crippen LogP contribution is -2.23. The quantitative estimate of drug-likeness (QED) is 0.750. The Bertz CT molecular complexity index is 961. The monoisotopic (exact) mass is 366 g/mol. The number of rotatable bonds is 5. The fourth-order valence-electron chi connectivity index (χ4n) is 3.07. The number of hydrogen-bond acceptors (Lipinski definition) is 3. The fourth-order valence-corrected chi connectivity index (χ4v) is 3.07. The van der Waals surface area contributed by atoms with Crippen molar-refractivity contribution in [2.45, 2.75) is 20.4 Å². The average molecular weight is 366 g/mol. The van der Waals surface area contributed by atoms with Gasteiger partial charge in [-0.25, -0.2) is 9.37 Å². The smallest absolute Gasteiger partial charge is 0.253 e. The third-order valence-corrected chi connectivity index (χ3v) is 4.48. The molecule has 3 rings (SSSR count). The number of benzene rings is 1. The van der Waals surface area contributed by atoms with Gasteiger partial charge in [-0.05, 0) is 61.9 Å². The zero-order valence-corrected chi connectivity index (χ0v) is 16.0. The molecule has 0 aliphatic carbocycles. The van der Waals surface area contributed by atoms with E-state index in [1.54, 1.807) is 18.3 Å². The van der Waals surface area contributed by atoms with Crippen molar-refractivity contribution < 1.29 is 9.18 Å². The third kappa shape index (κ3) is 4.00. The molecule has 5 nitrogen and oxygen atoms in total. The molecule has 0 aliphatic rings. The lowest BCUT2D eigenvalue weighted by Gasteiger charge is -2.13. The van der Waals surface area contributed by atoms with Crippen LogP contribution in [0.25, 0.3) is 5.69 Å². The molecule has 0 spiro atoms. The molecule has 0 saturated carbocycles. The molecule has 0 radical (unpaired) electrons. The first kappa shape index (κ1) is 18.6. The van der Waals surface area contributed by atoms with Gasteiger partial charge >= 0.3 is 0 Å². The molecule has 1 amide bonds.